The Labute approximate surface area is 95.6 Å². The van der Waals surface area contributed by atoms with Crippen LogP contribution >= 0.6 is 11.8 Å². The fourth-order valence-corrected chi connectivity index (χ4v) is 1.87. The zero-order valence-electron chi connectivity index (χ0n) is 8.98. The molecule has 1 nitrogen and oxygen atoms in total. The van der Waals surface area contributed by atoms with Crippen LogP contribution in [0.25, 0.3) is 0 Å². The van der Waals surface area contributed by atoms with Gasteiger partial charge in [0.2, 0.25) is 0 Å². The summed E-state index contributed by atoms with van der Waals surface area (Å²) in [5.74, 6) is 0.277. The Morgan fingerprint density at radius 2 is 2.07 bits per heavy atom. The summed E-state index contributed by atoms with van der Waals surface area (Å²) in [7, 11) is 0. The Hall–Kier alpha value is -1.02. The zero-order valence-corrected chi connectivity index (χ0v) is 9.80. The maximum Gasteiger partial charge on any atom is 0.129 e. The molecule has 0 saturated carbocycles. The number of rotatable bonds is 6. The minimum absolute atomic E-state index is 0.277. The van der Waals surface area contributed by atoms with Crippen molar-refractivity contribution >= 4 is 17.5 Å². The Morgan fingerprint density at radius 1 is 1.33 bits per heavy atom. The summed E-state index contributed by atoms with van der Waals surface area (Å²) < 4.78 is 0. The maximum atomic E-state index is 10.7. The van der Waals surface area contributed by atoms with Crippen molar-refractivity contribution < 1.29 is 4.79 Å². The third kappa shape index (κ3) is 6.13. The van der Waals surface area contributed by atoms with Crippen molar-refractivity contribution in [2.75, 3.05) is 0 Å². The van der Waals surface area contributed by atoms with Gasteiger partial charge in [-0.05, 0) is 37.3 Å². The molecule has 1 aromatic carbocycles. The predicted octanol–water partition coefficient (Wildman–Crippen LogP) is 4.05. The van der Waals surface area contributed by atoms with E-state index in [1.54, 1.807) is 18.7 Å². The van der Waals surface area contributed by atoms with E-state index < -0.39 is 0 Å². The van der Waals surface area contributed by atoms with Crippen LogP contribution < -0.4 is 0 Å². The van der Waals surface area contributed by atoms with Crippen molar-refractivity contribution in [1.29, 1.82) is 0 Å². The third-order valence-corrected chi connectivity index (χ3v) is 2.82. The van der Waals surface area contributed by atoms with Crippen molar-refractivity contribution in [2.45, 2.75) is 31.1 Å². The first-order valence-electron chi connectivity index (χ1n) is 5.15. The summed E-state index contributed by atoms with van der Waals surface area (Å²) in [4.78, 5) is 11.9. The second-order valence-corrected chi connectivity index (χ2v) is 4.38. The SMILES string of the molecule is CC(=O)CCC/C=C\Sc1ccccc1. The van der Waals surface area contributed by atoms with E-state index in [4.69, 9.17) is 0 Å². The lowest BCUT2D eigenvalue weighted by Gasteiger charge is -1.94. The molecule has 0 spiro atoms. The highest BCUT2D eigenvalue weighted by Crippen LogP contribution is 2.18. The third-order valence-electron chi connectivity index (χ3n) is 1.94. The minimum Gasteiger partial charge on any atom is -0.300 e. The van der Waals surface area contributed by atoms with Crippen LogP contribution in [0.5, 0.6) is 0 Å². The van der Waals surface area contributed by atoms with Gasteiger partial charge in [0.05, 0.1) is 0 Å². The Bertz CT molecular complexity index is 317. The molecule has 80 valence electrons. The minimum atomic E-state index is 0.277. The topological polar surface area (TPSA) is 17.1 Å². The molecular formula is C13H16OS. The average molecular weight is 220 g/mol. The summed E-state index contributed by atoms with van der Waals surface area (Å²) in [5.41, 5.74) is 0. The molecule has 0 fully saturated rings. The number of carbonyl (C=O) groups excluding carboxylic acids is 1. The van der Waals surface area contributed by atoms with E-state index in [9.17, 15) is 4.79 Å². The van der Waals surface area contributed by atoms with Gasteiger partial charge < -0.3 is 4.79 Å². The number of ketones is 1. The number of Topliss-reactive ketones (excluding diaryl/α,β-unsaturated/α-hetero) is 1. The van der Waals surface area contributed by atoms with Gasteiger partial charge in [0.1, 0.15) is 5.78 Å². The second kappa shape index (κ2) is 7.30. The van der Waals surface area contributed by atoms with E-state index in [1.165, 1.54) is 4.90 Å². The second-order valence-electron chi connectivity index (χ2n) is 3.40. The van der Waals surface area contributed by atoms with Crippen LogP contribution in [-0.2, 0) is 4.79 Å². The van der Waals surface area contributed by atoms with E-state index in [2.05, 4.69) is 23.6 Å². The smallest absolute Gasteiger partial charge is 0.129 e. The van der Waals surface area contributed by atoms with Crippen LogP contribution in [-0.4, -0.2) is 5.78 Å². The van der Waals surface area contributed by atoms with Crippen LogP contribution in [0.4, 0.5) is 0 Å². The normalized spacial score (nSPS) is 10.7. The molecule has 0 unspecified atom stereocenters. The molecule has 1 rings (SSSR count). The van der Waals surface area contributed by atoms with E-state index in [-0.39, 0.29) is 5.78 Å². The monoisotopic (exact) mass is 220 g/mol. The van der Waals surface area contributed by atoms with Gasteiger partial charge in [0.15, 0.2) is 0 Å². The fraction of sp³-hybridized carbons (Fsp3) is 0.308. The summed E-state index contributed by atoms with van der Waals surface area (Å²) >= 11 is 1.71. The van der Waals surface area contributed by atoms with E-state index >= 15 is 0 Å². The molecule has 2 heteroatoms. The van der Waals surface area contributed by atoms with E-state index in [0.29, 0.717) is 6.42 Å². The van der Waals surface area contributed by atoms with Gasteiger partial charge >= 0.3 is 0 Å². The number of allylic oxidation sites excluding steroid dienone is 1. The largest absolute Gasteiger partial charge is 0.300 e. The summed E-state index contributed by atoms with van der Waals surface area (Å²) in [6.45, 7) is 1.64. The van der Waals surface area contributed by atoms with E-state index in [1.807, 2.05) is 18.2 Å². The number of unbranched alkanes of at least 4 members (excludes halogenated alkanes) is 1. The molecule has 0 saturated heterocycles. The first-order chi connectivity index (χ1) is 7.29. The average Bonchev–Trinajstić information content (AvgIpc) is 2.24. The molecule has 0 amide bonds. The Morgan fingerprint density at radius 3 is 2.73 bits per heavy atom. The van der Waals surface area contributed by atoms with Crippen LogP contribution in [0.2, 0.25) is 0 Å². The van der Waals surface area contributed by atoms with Crippen molar-refractivity contribution in [3.63, 3.8) is 0 Å². The number of carbonyl (C=O) groups is 1. The van der Waals surface area contributed by atoms with Crippen molar-refractivity contribution in [1.82, 2.24) is 0 Å². The Kier molecular flexibility index (Phi) is 5.86. The summed E-state index contributed by atoms with van der Waals surface area (Å²) in [5, 5.41) is 2.09. The molecular weight excluding hydrogens is 204 g/mol. The fourth-order valence-electron chi connectivity index (χ4n) is 1.16. The van der Waals surface area contributed by atoms with Crippen molar-refractivity contribution in [2.24, 2.45) is 0 Å². The lowest BCUT2D eigenvalue weighted by molar-refractivity contribution is -0.117. The van der Waals surface area contributed by atoms with Gasteiger partial charge in [0.25, 0.3) is 0 Å². The van der Waals surface area contributed by atoms with Gasteiger partial charge in [-0.3, -0.25) is 0 Å². The van der Waals surface area contributed by atoms with Crippen LogP contribution in [0.3, 0.4) is 0 Å². The van der Waals surface area contributed by atoms with Crippen molar-refractivity contribution in [3.8, 4) is 0 Å². The molecule has 0 N–H and O–H groups in total. The maximum absolute atomic E-state index is 10.7. The molecule has 0 aliphatic heterocycles. The highest BCUT2D eigenvalue weighted by atomic mass is 32.2. The predicted molar refractivity (Wildman–Crippen MR) is 66.0 cm³/mol. The molecule has 0 aliphatic rings. The molecule has 1 aromatic rings. The lowest BCUT2D eigenvalue weighted by Crippen LogP contribution is -1.87. The standard InChI is InChI=1S/C13H16OS/c1-12(14)8-4-3-7-11-15-13-9-5-2-6-10-13/h2,5-7,9-11H,3-4,8H2,1H3/b11-7-. The molecule has 0 aromatic heterocycles. The summed E-state index contributed by atoms with van der Waals surface area (Å²) in [6, 6.07) is 10.3. The first-order valence-corrected chi connectivity index (χ1v) is 6.03. The van der Waals surface area contributed by atoms with Crippen LogP contribution in [0.1, 0.15) is 26.2 Å². The van der Waals surface area contributed by atoms with Crippen LogP contribution in [0, 0.1) is 0 Å². The number of hydrogen-bond donors (Lipinski definition) is 0. The number of benzene rings is 1. The van der Waals surface area contributed by atoms with Gasteiger partial charge in [-0.2, -0.15) is 0 Å². The van der Waals surface area contributed by atoms with Gasteiger partial charge in [-0.25, -0.2) is 0 Å². The van der Waals surface area contributed by atoms with Gasteiger partial charge in [-0.1, -0.05) is 36.0 Å². The van der Waals surface area contributed by atoms with Crippen LogP contribution in [0.15, 0.2) is 46.7 Å². The molecule has 0 heterocycles. The van der Waals surface area contributed by atoms with Gasteiger partial charge in [-0.15, -0.1) is 0 Å². The molecule has 0 radical (unpaired) electrons. The molecule has 0 aliphatic carbocycles. The van der Waals surface area contributed by atoms with Crippen molar-refractivity contribution in [3.05, 3.63) is 41.8 Å². The highest BCUT2D eigenvalue weighted by Gasteiger charge is 1.90. The Balaban J connectivity index is 2.15. The lowest BCUT2D eigenvalue weighted by atomic mass is 10.2. The van der Waals surface area contributed by atoms with E-state index in [0.717, 1.165) is 12.8 Å². The quantitative estimate of drug-likeness (QED) is 0.531. The summed E-state index contributed by atoms with van der Waals surface area (Å²) in [6.07, 6.45) is 4.77. The molecule has 0 atom stereocenters. The van der Waals surface area contributed by atoms with Gasteiger partial charge in [0, 0.05) is 11.3 Å². The number of hydrogen-bond acceptors (Lipinski definition) is 2. The zero-order chi connectivity index (χ0) is 10.9. The molecule has 0 bridgehead atoms. The highest BCUT2D eigenvalue weighted by molar-refractivity contribution is 8.02. The molecule has 15 heavy (non-hydrogen) atoms. The number of thioether (sulfide) groups is 1. The first kappa shape index (κ1) is 12.1.